The predicted octanol–water partition coefficient (Wildman–Crippen LogP) is 2.72. The van der Waals surface area contributed by atoms with Gasteiger partial charge in [-0.1, -0.05) is 25.9 Å². The average Bonchev–Trinajstić information content (AvgIpc) is 3.12. The van der Waals surface area contributed by atoms with Gasteiger partial charge >= 0.3 is 0 Å². The highest BCUT2D eigenvalue weighted by atomic mass is 32.2. The minimum atomic E-state index is -3.67. The highest BCUT2D eigenvalue weighted by Gasteiger charge is 2.26. The van der Waals surface area contributed by atoms with Gasteiger partial charge in [0.1, 0.15) is 11.3 Å². The van der Waals surface area contributed by atoms with Crippen LogP contribution < -0.4 is 10.2 Å². The molecule has 0 aliphatic carbocycles. The number of aromatic nitrogens is 1. The first-order chi connectivity index (χ1) is 15.2. The number of amides is 1. The second-order valence-electron chi connectivity index (χ2n) is 7.84. The quantitative estimate of drug-likeness (QED) is 0.643. The summed E-state index contributed by atoms with van der Waals surface area (Å²) in [6.07, 6.45) is 0. The van der Waals surface area contributed by atoms with Crippen molar-refractivity contribution >= 4 is 27.3 Å². The van der Waals surface area contributed by atoms with Gasteiger partial charge in [0.2, 0.25) is 10.0 Å². The van der Waals surface area contributed by atoms with Gasteiger partial charge in [0.25, 0.3) is 5.91 Å². The van der Waals surface area contributed by atoms with Gasteiger partial charge in [-0.15, -0.1) is 0 Å². The largest absolute Gasteiger partial charge is 0.367 e. The lowest BCUT2D eigenvalue weighted by Crippen LogP contribution is -2.46. The van der Waals surface area contributed by atoms with E-state index in [1.807, 2.05) is 13.8 Å². The second-order valence-corrected chi connectivity index (χ2v) is 9.78. The minimum absolute atomic E-state index is 0.159. The third kappa shape index (κ3) is 4.82. The summed E-state index contributed by atoms with van der Waals surface area (Å²) in [5.74, 6) is 0.0529. The first-order valence-corrected chi connectivity index (χ1v) is 12.5. The average molecular weight is 464 g/mol. The molecule has 1 aliphatic rings. The first-order valence-electron chi connectivity index (χ1n) is 11.1. The number of piperazine rings is 1. The third-order valence-corrected chi connectivity index (χ3v) is 8.03. The Balaban J connectivity index is 2.01. The number of hydrogen-bond donors (Lipinski definition) is 1. The van der Waals surface area contributed by atoms with Crippen molar-refractivity contribution in [1.82, 2.24) is 14.4 Å². The van der Waals surface area contributed by atoms with Crippen LogP contribution in [-0.4, -0.2) is 74.5 Å². The summed E-state index contributed by atoms with van der Waals surface area (Å²) in [6.45, 7) is 14.3. The Hall–Kier alpha value is -2.43. The minimum Gasteiger partial charge on any atom is -0.367 e. The molecule has 0 saturated carbocycles. The van der Waals surface area contributed by atoms with E-state index in [0.717, 1.165) is 38.4 Å². The van der Waals surface area contributed by atoms with E-state index in [9.17, 15) is 13.2 Å². The Labute approximate surface area is 190 Å². The van der Waals surface area contributed by atoms with Gasteiger partial charge in [-0.05, 0) is 38.6 Å². The number of anilines is 2. The van der Waals surface area contributed by atoms with Gasteiger partial charge in [0.05, 0.1) is 22.0 Å². The van der Waals surface area contributed by atoms with Gasteiger partial charge in [-0.25, -0.2) is 8.42 Å². The molecule has 0 radical (unpaired) electrons. The summed E-state index contributed by atoms with van der Waals surface area (Å²) in [7, 11) is -3.67. The van der Waals surface area contributed by atoms with Crippen molar-refractivity contribution in [2.24, 2.45) is 0 Å². The summed E-state index contributed by atoms with van der Waals surface area (Å²) in [4.78, 5) is 17.8. The lowest BCUT2D eigenvalue weighted by molar-refractivity contribution is 0.102. The van der Waals surface area contributed by atoms with E-state index < -0.39 is 10.0 Å². The second kappa shape index (κ2) is 10.0. The molecule has 1 aromatic carbocycles. The molecular weight excluding hydrogens is 430 g/mol. The molecule has 1 aliphatic heterocycles. The van der Waals surface area contributed by atoms with E-state index in [-0.39, 0.29) is 10.8 Å². The number of carbonyl (C=O) groups excluding carboxylic acids is 1. The van der Waals surface area contributed by atoms with Crippen LogP contribution in [0.4, 0.5) is 11.4 Å². The number of aryl methyl sites for hydroxylation is 2. The van der Waals surface area contributed by atoms with Gasteiger partial charge < -0.3 is 19.6 Å². The van der Waals surface area contributed by atoms with E-state index in [1.54, 1.807) is 32.0 Å². The number of nitrogens with zero attached hydrogens (tertiary/aromatic N) is 4. The maximum Gasteiger partial charge on any atom is 0.261 e. The standard InChI is InChI=1S/C22H33N5O4S/c1-6-25-11-13-26(14-12-25)20-10-9-18(32(29,30)27(7-2)8-3)15-19(20)23-22(28)21-16(4)24-31-17(21)5/h9-10,15H,6-8,11-14H2,1-5H3,(H,23,28). The fraction of sp³-hybridized carbons (Fsp3) is 0.545. The Bertz CT molecular complexity index is 1030. The zero-order valence-corrected chi connectivity index (χ0v) is 20.3. The number of rotatable bonds is 8. The molecule has 176 valence electrons. The Morgan fingerprint density at radius 1 is 1.12 bits per heavy atom. The molecule has 32 heavy (non-hydrogen) atoms. The molecule has 9 nitrogen and oxygen atoms in total. The SMILES string of the molecule is CCN1CCN(c2ccc(S(=O)(=O)N(CC)CC)cc2NC(=O)c2c(C)noc2C)CC1. The molecule has 1 fully saturated rings. The zero-order chi connectivity index (χ0) is 23.5. The van der Waals surface area contributed by atoms with Gasteiger partial charge in [-0.2, -0.15) is 4.31 Å². The van der Waals surface area contributed by atoms with E-state index in [2.05, 4.69) is 27.2 Å². The molecule has 1 saturated heterocycles. The number of nitrogens with one attached hydrogen (secondary N) is 1. The molecule has 0 bridgehead atoms. The highest BCUT2D eigenvalue weighted by molar-refractivity contribution is 7.89. The van der Waals surface area contributed by atoms with E-state index >= 15 is 0 Å². The molecular formula is C22H33N5O4S. The molecule has 2 heterocycles. The lowest BCUT2D eigenvalue weighted by Gasteiger charge is -2.36. The molecule has 10 heteroatoms. The van der Waals surface area contributed by atoms with Crippen LogP contribution in [0.1, 0.15) is 42.6 Å². The Morgan fingerprint density at radius 3 is 2.31 bits per heavy atom. The summed E-state index contributed by atoms with van der Waals surface area (Å²) in [5.41, 5.74) is 2.13. The van der Waals surface area contributed by atoms with Crippen molar-refractivity contribution in [2.75, 3.05) is 56.0 Å². The highest BCUT2D eigenvalue weighted by Crippen LogP contribution is 2.32. The number of benzene rings is 1. The number of carbonyl (C=O) groups is 1. The number of hydrogen-bond acceptors (Lipinski definition) is 7. The van der Waals surface area contributed by atoms with Crippen molar-refractivity contribution in [1.29, 1.82) is 0 Å². The molecule has 0 atom stereocenters. The molecule has 2 aromatic rings. The smallest absolute Gasteiger partial charge is 0.261 e. The molecule has 1 N–H and O–H groups in total. The van der Waals surface area contributed by atoms with E-state index in [1.165, 1.54) is 4.31 Å². The number of likely N-dealkylation sites (N-methyl/N-ethyl adjacent to an activating group) is 1. The van der Waals surface area contributed by atoms with Crippen LogP contribution >= 0.6 is 0 Å². The maximum absolute atomic E-state index is 13.1. The molecule has 3 rings (SSSR count). The Kier molecular flexibility index (Phi) is 7.58. The summed E-state index contributed by atoms with van der Waals surface area (Å²) in [5, 5.41) is 6.78. The maximum atomic E-state index is 13.1. The zero-order valence-electron chi connectivity index (χ0n) is 19.5. The third-order valence-electron chi connectivity index (χ3n) is 5.98. The first kappa shape index (κ1) is 24.2. The molecule has 1 aromatic heterocycles. The Morgan fingerprint density at radius 2 is 1.78 bits per heavy atom. The van der Waals surface area contributed by atoms with Crippen molar-refractivity contribution in [3.8, 4) is 0 Å². The van der Waals surface area contributed by atoms with Gasteiger partial charge in [0.15, 0.2) is 0 Å². The molecule has 0 spiro atoms. The summed E-state index contributed by atoms with van der Waals surface area (Å²) < 4.78 is 32.8. The van der Waals surface area contributed by atoms with Crippen molar-refractivity contribution in [3.63, 3.8) is 0 Å². The van der Waals surface area contributed by atoms with Gasteiger partial charge in [-0.3, -0.25) is 4.79 Å². The van der Waals surface area contributed by atoms with E-state index in [0.29, 0.717) is 35.8 Å². The predicted molar refractivity (Wildman–Crippen MR) is 125 cm³/mol. The normalized spacial score (nSPS) is 15.4. The van der Waals surface area contributed by atoms with Crippen LogP contribution in [0.3, 0.4) is 0 Å². The molecule has 0 unspecified atom stereocenters. The van der Waals surface area contributed by atoms with Gasteiger partial charge in [0, 0.05) is 39.3 Å². The lowest BCUT2D eigenvalue weighted by atomic mass is 10.1. The monoisotopic (exact) mass is 463 g/mol. The van der Waals surface area contributed by atoms with Crippen LogP contribution in [0, 0.1) is 13.8 Å². The van der Waals surface area contributed by atoms with Crippen LogP contribution in [0.25, 0.3) is 0 Å². The van der Waals surface area contributed by atoms with E-state index in [4.69, 9.17) is 4.52 Å². The van der Waals surface area contributed by atoms with Crippen LogP contribution in [0.2, 0.25) is 0 Å². The molecule has 1 amide bonds. The fourth-order valence-corrected chi connectivity index (χ4v) is 5.55. The van der Waals surface area contributed by atoms with Crippen LogP contribution in [0.5, 0.6) is 0 Å². The fourth-order valence-electron chi connectivity index (χ4n) is 4.06. The van der Waals surface area contributed by atoms with Crippen LogP contribution in [0.15, 0.2) is 27.6 Å². The van der Waals surface area contributed by atoms with Crippen molar-refractivity contribution in [3.05, 3.63) is 35.2 Å². The van der Waals surface area contributed by atoms with Crippen molar-refractivity contribution < 1.29 is 17.7 Å². The van der Waals surface area contributed by atoms with Crippen LogP contribution in [-0.2, 0) is 10.0 Å². The summed E-state index contributed by atoms with van der Waals surface area (Å²) in [6, 6.07) is 4.98. The summed E-state index contributed by atoms with van der Waals surface area (Å²) >= 11 is 0. The number of sulfonamides is 1. The topological polar surface area (TPSA) is 99.0 Å². The van der Waals surface area contributed by atoms with Crippen molar-refractivity contribution in [2.45, 2.75) is 39.5 Å².